The zero-order chi connectivity index (χ0) is 18.4. The van der Waals surface area contributed by atoms with E-state index in [1.54, 1.807) is 0 Å². The Kier molecular flexibility index (Phi) is 6.65. The van der Waals surface area contributed by atoms with Gasteiger partial charge in [0.25, 0.3) is 0 Å². The molecule has 1 aliphatic rings. The molecule has 0 unspecified atom stereocenters. The minimum atomic E-state index is -1.38. The van der Waals surface area contributed by atoms with Crippen LogP contribution in [-0.2, 0) is 24.0 Å². The van der Waals surface area contributed by atoms with Crippen LogP contribution in [0.4, 0.5) is 0 Å². The third kappa shape index (κ3) is 5.19. The van der Waals surface area contributed by atoms with Crippen LogP contribution in [0.1, 0.15) is 25.7 Å². The fourth-order valence-corrected chi connectivity index (χ4v) is 2.49. The first-order valence-electron chi connectivity index (χ1n) is 7.29. The lowest BCUT2D eigenvalue weighted by Crippen LogP contribution is -2.55. The predicted octanol–water partition coefficient (Wildman–Crippen LogP) is -3.38. The van der Waals surface area contributed by atoms with Crippen molar-refractivity contribution >= 4 is 29.6 Å². The summed E-state index contributed by atoms with van der Waals surface area (Å²) in [5, 5.41) is 11.0. The van der Waals surface area contributed by atoms with Crippen LogP contribution in [0.3, 0.4) is 0 Å². The first-order chi connectivity index (χ1) is 11.1. The standard InChI is InChI=1S/C13H21N5O6/c14-6(4-9(15)19)13(24)18-3-1-2-8(18)12(23)17-7(11(16)22)5-10(20)21/h6-8H,1-5,14H2,(H2,15,19)(H2,16,22)(H,17,23)(H,20,21)/t6-,7-,8-/m0/s1. The minimum Gasteiger partial charge on any atom is -0.481 e. The topological polar surface area (TPSA) is 199 Å². The number of carbonyl (C=O) groups is 5. The Morgan fingerprint density at radius 2 is 1.79 bits per heavy atom. The third-order valence-electron chi connectivity index (χ3n) is 3.62. The van der Waals surface area contributed by atoms with Crippen LogP contribution in [0.5, 0.6) is 0 Å². The molecule has 11 heteroatoms. The van der Waals surface area contributed by atoms with E-state index in [2.05, 4.69) is 5.32 Å². The van der Waals surface area contributed by atoms with Crippen molar-refractivity contribution in [1.29, 1.82) is 0 Å². The van der Waals surface area contributed by atoms with Gasteiger partial charge in [0.1, 0.15) is 12.1 Å². The van der Waals surface area contributed by atoms with Crippen molar-refractivity contribution in [2.45, 2.75) is 43.8 Å². The van der Waals surface area contributed by atoms with Crippen LogP contribution in [0.25, 0.3) is 0 Å². The van der Waals surface area contributed by atoms with Gasteiger partial charge in [-0.25, -0.2) is 0 Å². The second-order valence-electron chi connectivity index (χ2n) is 5.53. The number of likely N-dealkylation sites (tertiary alicyclic amines) is 1. The molecule has 11 nitrogen and oxygen atoms in total. The molecule has 8 N–H and O–H groups in total. The zero-order valence-corrected chi connectivity index (χ0v) is 12.9. The Hall–Kier alpha value is -2.69. The molecule has 0 spiro atoms. The van der Waals surface area contributed by atoms with Crippen molar-refractivity contribution < 1.29 is 29.1 Å². The molecule has 0 aromatic heterocycles. The van der Waals surface area contributed by atoms with Crippen molar-refractivity contribution in [2.24, 2.45) is 17.2 Å². The Morgan fingerprint density at radius 1 is 1.17 bits per heavy atom. The van der Waals surface area contributed by atoms with Gasteiger partial charge in [-0.1, -0.05) is 0 Å². The Balaban J connectivity index is 2.77. The number of primary amides is 2. The van der Waals surface area contributed by atoms with Crippen LogP contribution < -0.4 is 22.5 Å². The molecule has 1 heterocycles. The van der Waals surface area contributed by atoms with Gasteiger partial charge in [-0.05, 0) is 12.8 Å². The van der Waals surface area contributed by atoms with Gasteiger partial charge in [0, 0.05) is 6.54 Å². The van der Waals surface area contributed by atoms with Crippen LogP contribution in [-0.4, -0.2) is 64.3 Å². The number of amides is 4. The zero-order valence-electron chi connectivity index (χ0n) is 12.9. The second kappa shape index (κ2) is 8.24. The van der Waals surface area contributed by atoms with E-state index in [-0.39, 0.29) is 13.0 Å². The monoisotopic (exact) mass is 343 g/mol. The van der Waals surface area contributed by atoms with Crippen LogP contribution in [0.15, 0.2) is 0 Å². The molecule has 0 saturated carbocycles. The van der Waals surface area contributed by atoms with Gasteiger partial charge >= 0.3 is 5.97 Å². The van der Waals surface area contributed by atoms with E-state index in [1.807, 2.05) is 0 Å². The molecule has 1 aliphatic heterocycles. The fourth-order valence-electron chi connectivity index (χ4n) is 2.49. The molecule has 0 aromatic carbocycles. The molecule has 1 fully saturated rings. The van der Waals surface area contributed by atoms with Gasteiger partial charge in [0.2, 0.25) is 23.6 Å². The van der Waals surface area contributed by atoms with E-state index < -0.39 is 54.1 Å². The average molecular weight is 343 g/mol. The van der Waals surface area contributed by atoms with E-state index in [4.69, 9.17) is 22.3 Å². The molecule has 0 aromatic rings. The van der Waals surface area contributed by atoms with Crippen molar-refractivity contribution in [3.63, 3.8) is 0 Å². The number of nitrogens with two attached hydrogens (primary N) is 3. The summed E-state index contributed by atoms with van der Waals surface area (Å²) in [6.45, 7) is 0.254. The van der Waals surface area contributed by atoms with Gasteiger partial charge in [-0.2, -0.15) is 0 Å². The number of carbonyl (C=O) groups excluding carboxylic acids is 4. The summed E-state index contributed by atoms with van der Waals surface area (Å²) in [5.41, 5.74) is 15.7. The molecular weight excluding hydrogens is 322 g/mol. The fraction of sp³-hybridized carbons (Fsp3) is 0.615. The van der Waals surface area contributed by atoms with E-state index >= 15 is 0 Å². The first kappa shape index (κ1) is 19.4. The molecule has 1 saturated heterocycles. The molecular formula is C13H21N5O6. The summed E-state index contributed by atoms with van der Waals surface area (Å²) >= 11 is 0. The van der Waals surface area contributed by atoms with E-state index in [9.17, 15) is 24.0 Å². The summed E-state index contributed by atoms with van der Waals surface area (Å²) in [4.78, 5) is 58.5. The highest BCUT2D eigenvalue weighted by atomic mass is 16.4. The smallest absolute Gasteiger partial charge is 0.305 e. The SMILES string of the molecule is NC(=O)C[C@H](N)C(=O)N1CCC[C@H]1C(=O)N[C@@H](CC(=O)O)C(N)=O. The molecule has 3 atom stereocenters. The van der Waals surface area contributed by atoms with Crippen molar-refractivity contribution in [1.82, 2.24) is 10.2 Å². The summed E-state index contributed by atoms with van der Waals surface area (Å²) in [7, 11) is 0. The van der Waals surface area contributed by atoms with E-state index in [0.717, 1.165) is 0 Å². The second-order valence-corrected chi connectivity index (χ2v) is 5.53. The first-order valence-corrected chi connectivity index (χ1v) is 7.29. The van der Waals surface area contributed by atoms with Crippen molar-refractivity contribution in [2.75, 3.05) is 6.54 Å². The summed E-state index contributed by atoms with van der Waals surface area (Å²) in [6.07, 6.45) is -0.178. The van der Waals surface area contributed by atoms with Crippen LogP contribution in [0, 0.1) is 0 Å². The van der Waals surface area contributed by atoms with Gasteiger partial charge in [0.15, 0.2) is 0 Å². The summed E-state index contributed by atoms with van der Waals surface area (Å²) in [6, 6.07) is -3.46. The lowest BCUT2D eigenvalue weighted by atomic mass is 10.1. The van der Waals surface area contributed by atoms with Gasteiger partial charge in [-0.15, -0.1) is 0 Å². The number of aliphatic carboxylic acids is 1. The normalized spacial score (nSPS) is 19.4. The maximum atomic E-state index is 12.3. The number of rotatable bonds is 8. The summed E-state index contributed by atoms with van der Waals surface area (Å²) in [5.74, 6) is -4.35. The molecule has 0 radical (unpaired) electrons. The highest BCUT2D eigenvalue weighted by Crippen LogP contribution is 2.19. The number of carboxylic acids is 1. The molecule has 0 aliphatic carbocycles. The molecule has 134 valence electrons. The Labute approximate surface area is 137 Å². The lowest BCUT2D eigenvalue weighted by molar-refractivity contribution is -0.142. The summed E-state index contributed by atoms with van der Waals surface area (Å²) < 4.78 is 0. The minimum absolute atomic E-state index is 0.254. The van der Waals surface area contributed by atoms with Crippen molar-refractivity contribution in [3.05, 3.63) is 0 Å². The predicted molar refractivity (Wildman–Crippen MR) is 79.9 cm³/mol. The molecule has 24 heavy (non-hydrogen) atoms. The third-order valence-corrected chi connectivity index (χ3v) is 3.62. The maximum absolute atomic E-state index is 12.3. The molecule has 0 bridgehead atoms. The highest BCUT2D eigenvalue weighted by molar-refractivity contribution is 5.95. The highest BCUT2D eigenvalue weighted by Gasteiger charge is 2.37. The molecule has 4 amide bonds. The quantitative estimate of drug-likeness (QED) is 0.302. The average Bonchev–Trinajstić information content (AvgIpc) is 2.93. The Bertz CT molecular complexity index is 551. The maximum Gasteiger partial charge on any atom is 0.305 e. The number of nitrogens with one attached hydrogen (secondary N) is 1. The number of hydrogen-bond acceptors (Lipinski definition) is 6. The number of hydrogen-bond donors (Lipinski definition) is 5. The van der Waals surface area contributed by atoms with Gasteiger partial charge < -0.3 is 32.5 Å². The van der Waals surface area contributed by atoms with E-state index in [1.165, 1.54) is 4.90 Å². The van der Waals surface area contributed by atoms with Crippen LogP contribution in [0.2, 0.25) is 0 Å². The molecule has 1 rings (SSSR count). The number of carboxylic acid groups (broad SMARTS) is 1. The van der Waals surface area contributed by atoms with Crippen LogP contribution >= 0.6 is 0 Å². The van der Waals surface area contributed by atoms with Gasteiger partial charge in [-0.3, -0.25) is 24.0 Å². The largest absolute Gasteiger partial charge is 0.481 e. The van der Waals surface area contributed by atoms with E-state index in [0.29, 0.717) is 12.8 Å². The number of nitrogens with zero attached hydrogens (tertiary/aromatic N) is 1. The lowest BCUT2D eigenvalue weighted by Gasteiger charge is -2.27. The Morgan fingerprint density at radius 3 is 2.29 bits per heavy atom. The van der Waals surface area contributed by atoms with Crippen molar-refractivity contribution in [3.8, 4) is 0 Å². The van der Waals surface area contributed by atoms with Gasteiger partial charge in [0.05, 0.1) is 18.9 Å².